The molecule has 0 heterocycles. The van der Waals surface area contributed by atoms with Gasteiger partial charge in [-0.1, -0.05) is 28.1 Å². The summed E-state index contributed by atoms with van der Waals surface area (Å²) >= 11 is 3.38. The van der Waals surface area contributed by atoms with Gasteiger partial charge in [0, 0.05) is 31.8 Å². The third-order valence-corrected chi connectivity index (χ3v) is 3.28. The molecule has 0 radical (unpaired) electrons. The number of hydrogen-bond donors (Lipinski definition) is 0. The van der Waals surface area contributed by atoms with Gasteiger partial charge in [0.1, 0.15) is 0 Å². The topological polar surface area (TPSA) is 38.8 Å². The molecule has 0 aliphatic heterocycles. The Morgan fingerprint density at radius 1 is 1.11 bits per heavy atom. The summed E-state index contributed by atoms with van der Waals surface area (Å²) in [4.78, 5) is 14.0. The molecular formula is C14H20BrNO3. The van der Waals surface area contributed by atoms with E-state index in [4.69, 9.17) is 9.47 Å². The summed E-state index contributed by atoms with van der Waals surface area (Å²) in [5, 5.41) is 0. The van der Waals surface area contributed by atoms with Crippen LogP contribution >= 0.6 is 15.9 Å². The van der Waals surface area contributed by atoms with Gasteiger partial charge in [0.25, 0.3) is 0 Å². The molecule has 0 aliphatic carbocycles. The van der Waals surface area contributed by atoms with Crippen LogP contribution in [0.2, 0.25) is 0 Å². The Labute approximate surface area is 122 Å². The zero-order chi connectivity index (χ0) is 14.1. The second kappa shape index (κ2) is 9.07. The van der Waals surface area contributed by atoms with Crippen molar-refractivity contribution >= 4 is 21.8 Å². The number of hydrogen-bond acceptors (Lipinski definition) is 3. The van der Waals surface area contributed by atoms with E-state index in [1.54, 1.807) is 19.1 Å². The second-order valence-electron chi connectivity index (χ2n) is 4.17. The van der Waals surface area contributed by atoms with Crippen molar-refractivity contribution in [3.8, 4) is 0 Å². The van der Waals surface area contributed by atoms with Crippen LogP contribution in [0.4, 0.5) is 0 Å². The molecule has 1 aromatic rings. The van der Waals surface area contributed by atoms with Crippen LogP contribution in [0.1, 0.15) is 5.56 Å². The fourth-order valence-corrected chi connectivity index (χ4v) is 1.92. The van der Waals surface area contributed by atoms with Crippen molar-refractivity contribution in [1.29, 1.82) is 0 Å². The normalized spacial score (nSPS) is 10.5. The number of benzene rings is 1. The van der Waals surface area contributed by atoms with E-state index < -0.39 is 0 Å². The number of amides is 1. The number of nitrogens with zero attached hydrogens (tertiary/aromatic N) is 1. The maximum atomic E-state index is 12.2. The smallest absolute Gasteiger partial charge is 0.227 e. The Morgan fingerprint density at radius 3 is 2.11 bits per heavy atom. The molecule has 0 bridgehead atoms. The molecule has 0 N–H and O–H groups in total. The number of halogens is 1. The largest absolute Gasteiger partial charge is 0.383 e. The summed E-state index contributed by atoms with van der Waals surface area (Å²) in [6, 6.07) is 7.79. The fourth-order valence-electron chi connectivity index (χ4n) is 1.65. The number of carbonyl (C=O) groups excluding carboxylic acids is 1. The minimum atomic E-state index is 0.0939. The zero-order valence-electron chi connectivity index (χ0n) is 11.4. The molecule has 106 valence electrons. The lowest BCUT2D eigenvalue weighted by Gasteiger charge is -2.22. The van der Waals surface area contributed by atoms with Crippen molar-refractivity contribution in [3.05, 3.63) is 34.3 Å². The zero-order valence-corrected chi connectivity index (χ0v) is 13.0. The Bertz CT molecular complexity index is 373. The van der Waals surface area contributed by atoms with Crippen LogP contribution in [-0.4, -0.2) is 51.3 Å². The quantitative estimate of drug-likeness (QED) is 0.733. The Hall–Kier alpha value is -0.910. The lowest BCUT2D eigenvalue weighted by Crippen LogP contribution is -2.37. The van der Waals surface area contributed by atoms with Crippen molar-refractivity contribution in [2.45, 2.75) is 6.42 Å². The lowest BCUT2D eigenvalue weighted by atomic mass is 10.1. The summed E-state index contributed by atoms with van der Waals surface area (Å²) in [6.45, 7) is 2.26. The van der Waals surface area contributed by atoms with E-state index in [1.807, 2.05) is 24.3 Å². The molecule has 0 aliphatic rings. The van der Waals surface area contributed by atoms with Gasteiger partial charge >= 0.3 is 0 Å². The van der Waals surface area contributed by atoms with Gasteiger partial charge in [-0.15, -0.1) is 0 Å². The maximum Gasteiger partial charge on any atom is 0.227 e. The van der Waals surface area contributed by atoms with Crippen LogP contribution in [0, 0.1) is 0 Å². The van der Waals surface area contributed by atoms with Crippen LogP contribution in [0.3, 0.4) is 0 Å². The van der Waals surface area contributed by atoms with Crippen molar-refractivity contribution in [1.82, 2.24) is 4.90 Å². The first-order valence-electron chi connectivity index (χ1n) is 6.17. The van der Waals surface area contributed by atoms with Crippen molar-refractivity contribution in [3.63, 3.8) is 0 Å². The minimum Gasteiger partial charge on any atom is -0.383 e. The van der Waals surface area contributed by atoms with Crippen LogP contribution in [0.5, 0.6) is 0 Å². The first-order chi connectivity index (χ1) is 9.17. The van der Waals surface area contributed by atoms with Gasteiger partial charge in [0.2, 0.25) is 5.91 Å². The van der Waals surface area contributed by atoms with E-state index in [9.17, 15) is 4.79 Å². The summed E-state index contributed by atoms with van der Waals surface area (Å²) in [7, 11) is 3.27. The highest BCUT2D eigenvalue weighted by Crippen LogP contribution is 2.11. The molecule has 0 spiro atoms. The highest BCUT2D eigenvalue weighted by atomic mass is 79.9. The lowest BCUT2D eigenvalue weighted by molar-refractivity contribution is -0.131. The molecule has 0 saturated carbocycles. The van der Waals surface area contributed by atoms with Crippen LogP contribution < -0.4 is 0 Å². The van der Waals surface area contributed by atoms with E-state index in [0.29, 0.717) is 32.7 Å². The fraction of sp³-hybridized carbons (Fsp3) is 0.500. The molecular weight excluding hydrogens is 310 g/mol. The Balaban J connectivity index is 2.56. The maximum absolute atomic E-state index is 12.2. The van der Waals surface area contributed by atoms with Gasteiger partial charge in [-0.25, -0.2) is 0 Å². The third kappa shape index (κ3) is 6.18. The molecule has 1 amide bonds. The molecule has 4 nitrogen and oxygen atoms in total. The monoisotopic (exact) mass is 329 g/mol. The average Bonchev–Trinajstić information content (AvgIpc) is 2.41. The van der Waals surface area contributed by atoms with Gasteiger partial charge in [0.05, 0.1) is 19.6 Å². The van der Waals surface area contributed by atoms with Crippen molar-refractivity contribution in [2.24, 2.45) is 0 Å². The molecule has 5 heteroatoms. The van der Waals surface area contributed by atoms with E-state index in [0.717, 1.165) is 10.0 Å². The van der Waals surface area contributed by atoms with Crippen molar-refractivity contribution in [2.75, 3.05) is 40.5 Å². The van der Waals surface area contributed by atoms with Gasteiger partial charge in [-0.05, 0) is 17.7 Å². The van der Waals surface area contributed by atoms with E-state index in [-0.39, 0.29) is 5.91 Å². The summed E-state index contributed by atoms with van der Waals surface area (Å²) in [6.07, 6.45) is 0.403. The molecule has 0 unspecified atom stereocenters. The molecule has 1 rings (SSSR count). The number of carbonyl (C=O) groups is 1. The summed E-state index contributed by atoms with van der Waals surface area (Å²) < 4.78 is 11.1. The molecule has 1 aromatic carbocycles. The van der Waals surface area contributed by atoms with Gasteiger partial charge in [0.15, 0.2) is 0 Å². The SMILES string of the molecule is COCCN(CCOC)C(=O)Cc1ccc(Br)cc1. The predicted molar refractivity (Wildman–Crippen MR) is 78.2 cm³/mol. The molecule has 0 fully saturated rings. The van der Waals surface area contributed by atoms with E-state index in [2.05, 4.69) is 15.9 Å². The van der Waals surface area contributed by atoms with Crippen LogP contribution in [-0.2, 0) is 20.7 Å². The molecule has 0 atom stereocenters. The highest BCUT2D eigenvalue weighted by Gasteiger charge is 2.13. The van der Waals surface area contributed by atoms with Crippen molar-refractivity contribution < 1.29 is 14.3 Å². The minimum absolute atomic E-state index is 0.0939. The highest BCUT2D eigenvalue weighted by molar-refractivity contribution is 9.10. The first-order valence-corrected chi connectivity index (χ1v) is 6.96. The molecule has 19 heavy (non-hydrogen) atoms. The third-order valence-electron chi connectivity index (χ3n) is 2.75. The van der Waals surface area contributed by atoms with Gasteiger partial charge in [-0.3, -0.25) is 4.79 Å². The average molecular weight is 330 g/mol. The predicted octanol–water partition coefficient (Wildman–Crippen LogP) is 2.11. The van der Waals surface area contributed by atoms with Crippen LogP contribution in [0.25, 0.3) is 0 Å². The van der Waals surface area contributed by atoms with E-state index >= 15 is 0 Å². The summed E-state index contributed by atoms with van der Waals surface area (Å²) in [5.41, 5.74) is 1.01. The number of ether oxygens (including phenoxy) is 2. The van der Waals surface area contributed by atoms with E-state index in [1.165, 1.54) is 0 Å². The second-order valence-corrected chi connectivity index (χ2v) is 5.09. The first kappa shape index (κ1) is 16.1. The standard InChI is InChI=1S/C14H20BrNO3/c1-18-9-7-16(8-10-19-2)14(17)11-12-3-5-13(15)6-4-12/h3-6H,7-11H2,1-2H3. The Kier molecular flexibility index (Phi) is 7.70. The summed E-state index contributed by atoms with van der Waals surface area (Å²) in [5.74, 6) is 0.0939. The Morgan fingerprint density at radius 2 is 1.63 bits per heavy atom. The number of methoxy groups -OCH3 is 2. The number of rotatable bonds is 8. The van der Waals surface area contributed by atoms with Gasteiger partial charge in [-0.2, -0.15) is 0 Å². The molecule has 0 saturated heterocycles. The molecule has 0 aromatic heterocycles. The van der Waals surface area contributed by atoms with Crippen LogP contribution in [0.15, 0.2) is 28.7 Å². The van der Waals surface area contributed by atoms with Gasteiger partial charge < -0.3 is 14.4 Å².